The number of carbonyl (C=O) groups excluding carboxylic acids is 2. The molecule has 1 saturated heterocycles. The van der Waals surface area contributed by atoms with Gasteiger partial charge in [-0.25, -0.2) is 4.98 Å². The quantitative estimate of drug-likeness (QED) is 0.716. The number of nitriles is 1. The summed E-state index contributed by atoms with van der Waals surface area (Å²) in [7, 11) is 1.32. The Morgan fingerprint density at radius 1 is 1.24 bits per heavy atom. The molecular formula is C12H9F3N4O2. The highest BCUT2D eigenvalue weighted by molar-refractivity contribution is 6.02. The second-order valence-electron chi connectivity index (χ2n) is 4.38. The van der Waals surface area contributed by atoms with Gasteiger partial charge in [-0.2, -0.15) is 18.4 Å². The molecular weight excluding hydrogens is 289 g/mol. The van der Waals surface area contributed by atoms with Gasteiger partial charge in [0.2, 0.25) is 11.8 Å². The maximum atomic E-state index is 12.7. The number of amides is 2. The SMILES string of the molecule is CN1C(=O)CN(c2ccc(C(F)(F)F)c(C#N)n2)CC1=O. The van der Waals surface area contributed by atoms with Gasteiger partial charge in [0.1, 0.15) is 11.9 Å². The summed E-state index contributed by atoms with van der Waals surface area (Å²) in [6, 6.07) is 3.13. The maximum absolute atomic E-state index is 12.7. The number of hydrogen-bond acceptors (Lipinski definition) is 5. The lowest BCUT2D eigenvalue weighted by molar-refractivity contribution is -0.143. The van der Waals surface area contributed by atoms with Crippen LogP contribution in [0.5, 0.6) is 0 Å². The maximum Gasteiger partial charge on any atom is 0.419 e. The number of alkyl halides is 3. The molecule has 2 heterocycles. The summed E-state index contributed by atoms with van der Waals surface area (Å²) < 4.78 is 38.0. The summed E-state index contributed by atoms with van der Waals surface area (Å²) >= 11 is 0. The molecule has 2 rings (SSSR count). The largest absolute Gasteiger partial charge is 0.419 e. The molecule has 0 aliphatic carbocycles. The van der Waals surface area contributed by atoms with E-state index in [0.717, 1.165) is 11.0 Å². The minimum Gasteiger partial charge on any atom is -0.338 e. The first-order valence-electron chi connectivity index (χ1n) is 5.76. The highest BCUT2D eigenvalue weighted by Crippen LogP contribution is 2.32. The van der Waals surface area contributed by atoms with Crippen molar-refractivity contribution in [2.75, 3.05) is 25.0 Å². The van der Waals surface area contributed by atoms with E-state index >= 15 is 0 Å². The zero-order valence-corrected chi connectivity index (χ0v) is 10.8. The minimum atomic E-state index is -4.69. The molecule has 1 aromatic rings. The second kappa shape index (κ2) is 5.05. The summed E-state index contributed by atoms with van der Waals surface area (Å²) in [5.74, 6) is -1.01. The van der Waals surface area contributed by atoms with Crippen LogP contribution in [0.3, 0.4) is 0 Å². The first kappa shape index (κ1) is 14.8. The molecule has 6 nitrogen and oxygen atoms in total. The fourth-order valence-electron chi connectivity index (χ4n) is 1.83. The van der Waals surface area contributed by atoms with Crippen LogP contribution in [0.15, 0.2) is 12.1 Å². The van der Waals surface area contributed by atoms with Crippen LogP contribution in [0.25, 0.3) is 0 Å². The zero-order chi connectivity index (χ0) is 15.8. The van der Waals surface area contributed by atoms with Crippen LogP contribution in [-0.4, -0.2) is 41.8 Å². The van der Waals surface area contributed by atoms with Crippen molar-refractivity contribution in [3.05, 3.63) is 23.4 Å². The lowest BCUT2D eigenvalue weighted by Crippen LogP contribution is -2.52. The van der Waals surface area contributed by atoms with E-state index in [9.17, 15) is 22.8 Å². The number of hydrogen-bond donors (Lipinski definition) is 0. The van der Waals surface area contributed by atoms with E-state index in [4.69, 9.17) is 5.26 Å². The zero-order valence-electron chi connectivity index (χ0n) is 10.8. The van der Waals surface area contributed by atoms with E-state index < -0.39 is 29.2 Å². The third-order valence-corrected chi connectivity index (χ3v) is 3.02. The van der Waals surface area contributed by atoms with E-state index in [0.29, 0.717) is 6.07 Å². The van der Waals surface area contributed by atoms with E-state index in [2.05, 4.69) is 4.98 Å². The number of pyridine rings is 1. The highest BCUT2D eigenvalue weighted by atomic mass is 19.4. The van der Waals surface area contributed by atoms with E-state index in [1.54, 1.807) is 0 Å². The first-order chi connectivity index (χ1) is 9.74. The Hall–Kier alpha value is -2.63. The summed E-state index contributed by atoms with van der Waals surface area (Å²) in [6.45, 7) is -0.378. The number of piperazine rings is 1. The van der Waals surface area contributed by atoms with Gasteiger partial charge in [-0.3, -0.25) is 14.5 Å². The highest BCUT2D eigenvalue weighted by Gasteiger charge is 2.35. The van der Waals surface area contributed by atoms with Gasteiger partial charge in [0.25, 0.3) is 0 Å². The molecule has 0 radical (unpaired) electrons. The van der Waals surface area contributed by atoms with Gasteiger partial charge in [0.15, 0.2) is 5.69 Å². The lowest BCUT2D eigenvalue weighted by atomic mass is 10.2. The number of halogens is 3. The molecule has 0 N–H and O–H groups in total. The standard InChI is InChI=1S/C12H9F3N4O2/c1-18-10(20)5-19(6-11(18)21)9-3-2-7(12(13,14)15)8(4-16)17-9/h2-3H,5-6H2,1H3. The molecule has 2 amide bonds. The van der Waals surface area contributed by atoms with Crippen molar-refractivity contribution in [3.8, 4) is 6.07 Å². The van der Waals surface area contributed by atoms with Crippen LogP contribution in [0.4, 0.5) is 19.0 Å². The molecule has 1 aromatic heterocycles. The fraction of sp³-hybridized carbons (Fsp3) is 0.333. The van der Waals surface area contributed by atoms with Crippen molar-refractivity contribution in [2.45, 2.75) is 6.18 Å². The normalized spacial score (nSPS) is 16.1. The number of imide groups is 1. The van der Waals surface area contributed by atoms with Gasteiger partial charge in [0.05, 0.1) is 18.7 Å². The Morgan fingerprint density at radius 3 is 2.29 bits per heavy atom. The average Bonchev–Trinajstić information content (AvgIpc) is 2.42. The monoisotopic (exact) mass is 298 g/mol. The summed E-state index contributed by atoms with van der Waals surface area (Å²) in [5, 5.41) is 8.78. The van der Waals surface area contributed by atoms with E-state index in [-0.39, 0.29) is 18.9 Å². The second-order valence-corrected chi connectivity index (χ2v) is 4.38. The third-order valence-electron chi connectivity index (χ3n) is 3.02. The summed E-state index contributed by atoms with van der Waals surface area (Å²) in [6.07, 6.45) is -4.69. The van der Waals surface area contributed by atoms with Crippen molar-refractivity contribution in [1.29, 1.82) is 5.26 Å². The van der Waals surface area contributed by atoms with Crippen LogP contribution in [0.1, 0.15) is 11.3 Å². The van der Waals surface area contributed by atoms with Crippen LogP contribution >= 0.6 is 0 Å². The molecule has 1 aliphatic heterocycles. The number of anilines is 1. The van der Waals surface area contributed by atoms with Crippen molar-refractivity contribution in [3.63, 3.8) is 0 Å². The predicted molar refractivity (Wildman–Crippen MR) is 63.9 cm³/mol. The van der Waals surface area contributed by atoms with E-state index in [1.807, 2.05) is 0 Å². The topological polar surface area (TPSA) is 77.3 Å². The number of rotatable bonds is 1. The molecule has 21 heavy (non-hydrogen) atoms. The smallest absolute Gasteiger partial charge is 0.338 e. The number of aromatic nitrogens is 1. The van der Waals surface area contributed by atoms with Crippen molar-refractivity contribution >= 4 is 17.6 Å². The Bertz CT molecular complexity index is 633. The van der Waals surface area contributed by atoms with Gasteiger partial charge >= 0.3 is 6.18 Å². The van der Waals surface area contributed by atoms with Gasteiger partial charge in [-0.05, 0) is 12.1 Å². The predicted octanol–water partition coefficient (Wildman–Crippen LogP) is 0.777. The molecule has 0 atom stereocenters. The Kier molecular flexibility index (Phi) is 3.55. The molecule has 9 heteroatoms. The lowest BCUT2D eigenvalue weighted by Gasteiger charge is -2.31. The van der Waals surface area contributed by atoms with Crippen LogP contribution in [0.2, 0.25) is 0 Å². The number of likely N-dealkylation sites (N-methyl/N-ethyl adjacent to an activating group) is 1. The molecule has 0 bridgehead atoms. The number of nitrogens with zero attached hydrogens (tertiary/aromatic N) is 4. The third kappa shape index (κ3) is 2.79. The molecule has 110 valence electrons. The average molecular weight is 298 g/mol. The summed E-state index contributed by atoms with van der Waals surface area (Å²) in [4.78, 5) is 28.9. The van der Waals surface area contributed by atoms with Crippen LogP contribution < -0.4 is 4.90 Å². The van der Waals surface area contributed by atoms with E-state index in [1.165, 1.54) is 18.0 Å². The molecule has 1 aliphatic rings. The van der Waals surface area contributed by atoms with Crippen LogP contribution in [-0.2, 0) is 15.8 Å². The molecule has 1 fully saturated rings. The first-order valence-corrected chi connectivity index (χ1v) is 5.76. The van der Waals surface area contributed by atoms with Crippen molar-refractivity contribution < 1.29 is 22.8 Å². The van der Waals surface area contributed by atoms with Gasteiger partial charge in [-0.15, -0.1) is 0 Å². The number of carbonyl (C=O) groups is 2. The van der Waals surface area contributed by atoms with Crippen molar-refractivity contribution in [1.82, 2.24) is 9.88 Å². The van der Waals surface area contributed by atoms with Gasteiger partial charge in [0, 0.05) is 7.05 Å². The molecule has 0 saturated carbocycles. The fourth-order valence-corrected chi connectivity index (χ4v) is 1.83. The molecule has 0 spiro atoms. The van der Waals surface area contributed by atoms with Crippen LogP contribution in [0, 0.1) is 11.3 Å². The Morgan fingerprint density at radius 2 is 1.81 bits per heavy atom. The Labute approximate surface area is 117 Å². The Balaban J connectivity index is 2.37. The summed E-state index contributed by atoms with van der Waals surface area (Å²) in [5.41, 5.74) is -1.95. The van der Waals surface area contributed by atoms with Gasteiger partial charge < -0.3 is 4.90 Å². The molecule has 0 aromatic carbocycles. The minimum absolute atomic E-state index is 0.0191. The van der Waals surface area contributed by atoms with Gasteiger partial charge in [-0.1, -0.05) is 0 Å². The van der Waals surface area contributed by atoms with Crippen molar-refractivity contribution in [2.24, 2.45) is 0 Å². The molecule has 0 unspecified atom stereocenters.